The van der Waals surface area contributed by atoms with Gasteiger partial charge in [-0.1, -0.05) is 36.4 Å². The molecule has 6 nitrogen and oxygen atoms in total. The minimum absolute atomic E-state index is 0.0455. The summed E-state index contributed by atoms with van der Waals surface area (Å²) in [4.78, 5) is 23.4. The monoisotopic (exact) mass is 376 g/mol. The maximum Gasteiger partial charge on any atom is 0.274 e. The first kappa shape index (κ1) is 19.4. The SMILES string of the molecule is COc1cccc(Nc2cnc(C(=O)N(Cc3ccccc3)C(C)C)cn2)c1. The number of amides is 1. The van der Waals surface area contributed by atoms with Gasteiger partial charge in [0.25, 0.3) is 5.91 Å². The van der Waals surface area contributed by atoms with Crippen molar-refractivity contribution in [3.8, 4) is 5.75 Å². The van der Waals surface area contributed by atoms with Crippen molar-refractivity contribution in [1.82, 2.24) is 14.9 Å². The molecule has 0 unspecified atom stereocenters. The summed E-state index contributed by atoms with van der Waals surface area (Å²) in [5, 5.41) is 3.16. The van der Waals surface area contributed by atoms with Crippen LogP contribution in [0.4, 0.5) is 11.5 Å². The number of hydrogen-bond donors (Lipinski definition) is 1. The lowest BCUT2D eigenvalue weighted by Crippen LogP contribution is -2.36. The number of hydrogen-bond acceptors (Lipinski definition) is 5. The summed E-state index contributed by atoms with van der Waals surface area (Å²) < 4.78 is 5.21. The molecule has 0 fully saturated rings. The van der Waals surface area contributed by atoms with Crippen molar-refractivity contribution in [3.63, 3.8) is 0 Å². The number of nitrogens with zero attached hydrogens (tertiary/aromatic N) is 3. The number of anilines is 2. The zero-order valence-electron chi connectivity index (χ0n) is 16.3. The van der Waals surface area contributed by atoms with Crippen molar-refractivity contribution in [2.75, 3.05) is 12.4 Å². The van der Waals surface area contributed by atoms with E-state index in [0.717, 1.165) is 17.0 Å². The fraction of sp³-hybridized carbons (Fsp3) is 0.227. The molecule has 0 aliphatic heterocycles. The molecule has 1 amide bonds. The molecule has 6 heteroatoms. The summed E-state index contributed by atoms with van der Waals surface area (Å²) in [6.07, 6.45) is 3.07. The molecule has 0 saturated heterocycles. The molecule has 1 heterocycles. The molecule has 1 aromatic heterocycles. The quantitative estimate of drug-likeness (QED) is 0.667. The Labute approximate surface area is 165 Å². The van der Waals surface area contributed by atoms with E-state index in [0.29, 0.717) is 18.1 Å². The average Bonchev–Trinajstić information content (AvgIpc) is 2.73. The van der Waals surface area contributed by atoms with E-state index >= 15 is 0 Å². The standard InChI is InChI=1S/C22H24N4O2/c1-16(2)26(15-17-8-5-4-6-9-17)22(27)20-13-24-21(14-23-20)25-18-10-7-11-19(12-18)28-3/h4-14,16H,15H2,1-3H3,(H,24,25). The molecule has 3 rings (SSSR count). The van der Waals surface area contributed by atoms with E-state index in [4.69, 9.17) is 4.74 Å². The van der Waals surface area contributed by atoms with Crippen molar-refractivity contribution < 1.29 is 9.53 Å². The first-order chi connectivity index (χ1) is 13.6. The van der Waals surface area contributed by atoms with Gasteiger partial charge in [0.1, 0.15) is 17.3 Å². The number of carbonyl (C=O) groups excluding carboxylic acids is 1. The molecule has 2 aromatic carbocycles. The first-order valence-electron chi connectivity index (χ1n) is 9.15. The smallest absolute Gasteiger partial charge is 0.274 e. The molecule has 28 heavy (non-hydrogen) atoms. The van der Waals surface area contributed by atoms with E-state index in [9.17, 15) is 4.79 Å². The van der Waals surface area contributed by atoms with Crippen LogP contribution in [-0.2, 0) is 6.54 Å². The lowest BCUT2D eigenvalue weighted by atomic mass is 10.2. The number of nitrogens with one attached hydrogen (secondary N) is 1. The van der Waals surface area contributed by atoms with Crippen LogP contribution in [-0.4, -0.2) is 33.9 Å². The molecule has 0 bridgehead atoms. The zero-order valence-corrected chi connectivity index (χ0v) is 16.3. The minimum Gasteiger partial charge on any atom is -0.497 e. The largest absolute Gasteiger partial charge is 0.497 e. The van der Waals surface area contributed by atoms with E-state index in [2.05, 4.69) is 15.3 Å². The van der Waals surface area contributed by atoms with Crippen LogP contribution in [0.2, 0.25) is 0 Å². The average molecular weight is 376 g/mol. The summed E-state index contributed by atoms with van der Waals surface area (Å²) in [6.45, 7) is 4.52. The third-order valence-electron chi connectivity index (χ3n) is 4.29. The van der Waals surface area contributed by atoms with E-state index in [1.165, 1.54) is 6.20 Å². The Morgan fingerprint density at radius 1 is 1.07 bits per heavy atom. The normalized spacial score (nSPS) is 10.6. The van der Waals surface area contributed by atoms with Gasteiger partial charge in [0.2, 0.25) is 0 Å². The van der Waals surface area contributed by atoms with Gasteiger partial charge >= 0.3 is 0 Å². The van der Waals surface area contributed by atoms with Gasteiger partial charge in [-0.15, -0.1) is 0 Å². The summed E-state index contributed by atoms with van der Waals surface area (Å²) >= 11 is 0. The van der Waals surface area contributed by atoms with Crippen LogP contribution in [0.25, 0.3) is 0 Å². The molecular formula is C22H24N4O2. The van der Waals surface area contributed by atoms with E-state index < -0.39 is 0 Å². The fourth-order valence-corrected chi connectivity index (χ4v) is 2.77. The molecule has 0 radical (unpaired) electrons. The van der Waals surface area contributed by atoms with Crippen molar-refractivity contribution in [1.29, 1.82) is 0 Å². The molecule has 0 atom stereocenters. The van der Waals surface area contributed by atoms with Gasteiger partial charge in [-0.05, 0) is 31.5 Å². The lowest BCUT2D eigenvalue weighted by molar-refractivity contribution is 0.0684. The van der Waals surface area contributed by atoms with Crippen LogP contribution in [0.15, 0.2) is 67.0 Å². The van der Waals surface area contributed by atoms with Gasteiger partial charge in [-0.3, -0.25) is 4.79 Å². The second kappa shape index (κ2) is 8.99. The van der Waals surface area contributed by atoms with Gasteiger partial charge in [0.15, 0.2) is 0 Å². The molecule has 144 valence electrons. The molecule has 0 aliphatic rings. The highest BCUT2D eigenvalue weighted by atomic mass is 16.5. The Morgan fingerprint density at radius 2 is 1.86 bits per heavy atom. The maximum atomic E-state index is 12.9. The van der Waals surface area contributed by atoms with Crippen molar-refractivity contribution >= 4 is 17.4 Å². The molecule has 0 spiro atoms. The van der Waals surface area contributed by atoms with Gasteiger partial charge < -0.3 is 15.0 Å². The third kappa shape index (κ3) is 4.85. The Hall–Kier alpha value is -3.41. The van der Waals surface area contributed by atoms with Crippen molar-refractivity contribution in [3.05, 3.63) is 78.2 Å². The number of benzene rings is 2. The summed E-state index contributed by atoms with van der Waals surface area (Å²) in [6, 6.07) is 17.5. The predicted molar refractivity (Wildman–Crippen MR) is 110 cm³/mol. The second-order valence-electron chi connectivity index (χ2n) is 6.66. The second-order valence-corrected chi connectivity index (χ2v) is 6.66. The lowest BCUT2D eigenvalue weighted by Gasteiger charge is -2.26. The molecule has 3 aromatic rings. The minimum atomic E-state index is -0.140. The van der Waals surface area contributed by atoms with E-state index in [-0.39, 0.29) is 11.9 Å². The van der Waals surface area contributed by atoms with Gasteiger partial charge in [0, 0.05) is 24.3 Å². The van der Waals surface area contributed by atoms with E-state index in [1.807, 2.05) is 68.4 Å². The first-order valence-corrected chi connectivity index (χ1v) is 9.15. The van der Waals surface area contributed by atoms with Crippen LogP contribution in [0, 0.1) is 0 Å². The topological polar surface area (TPSA) is 67.3 Å². The molecule has 0 saturated carbocycles. The van der Waals surface area contributed by atoms with Gasteiger partial charge in [0.05, 0.1) is 19.5 Å². The highest BCUT2D eigenvalue weighted by Gasteiger charge is 2.20. The van der Waals surface area contributed by atoms with Crippen LogP contribution in [0.3, 0.4) is 0 Å². The number of aromatic nitrogens is 2. The fourth-order valence-electron chi connectivity index (χ4n) is 2.77. The zero-order chi connectivity index (χ0) is 19.9. The Bertz CT molecular complexity index is 911. The highest BCUT2D eigenvalue weighted by Crippen LogP contribution is 2.20. The molecule has 0 aliphatic carbocycles. The Morgan fingerprint density at radius 3 is 2.50 bits per heavy atom. The molecular weight excluding hydrogens is 352 g/mol. The number of methoxy groups -OCH3 is 1. The number of carbonyl (C=O) groups is 1. The number of ether oxygens (including phenoxy) is 1. The van der Waals surface area contributed by atoms with Crippen molar-refractivity contribution in [2.45, 2.75) is 26.4 Å². The van der Waals surface area contributed by atoms with Gasteiger partial charge in [-0.2, -0.15) is 0 Å². The van der Waals surface area contributed by atoms with Gasteiger partial charge in [-0.25, -0.2) is 9.97 Å². The Kier molecular flexibility index (Phi) is 6.22. The van der Waals surface area contributed by atoms with Crippen LogP contribution < -0.4 is 10.1 Å². The third-order valence-corrected chi connectivity index (χ3v) is 4.29. The van der Waals surface area contributed by atoms with E-state index in [1.54, 1.807) is 18.2 Å². The predicted octanol–water partition coefficient (Wildman–Crippen LogP) is 4.28. The summed E-state index contributed by atoms with van der Waals surface area (Å²) in [7, 11) is 1.62. The van der Waals surface area contributed by atoms with Crippen LogP contribution >= 0.6 is 0 Å². The summed E-state index contributed by atoms with van der Waals surface area (Å²) in [5.41, 5.74) is 2.23. The molecule has 1 N–H and O–H groups in total. The number of rotatable bonds is 7. The van der Waals surface area contributed by atoms with Crippen LogP contribution in [0.5, 0.6) is 5.75 Å². The maximum absolute atomic E-state index is 12.9. The van der Waals surface area contributed by atoms with Crippen molar-refractivity contribution in [2.24, 2.45) is 0 Å². The van der Waals surface area contributed by atoms with Crippen LogP contribution in [0.1, 0.15) is 29.9 Å². The Balaban J connectivity index is 1.72. The highest BCUT2D eigenvalue weighted by molar-refractivity contribution is 5.92. The summed E-state index contributed by atoms with van der Waals surface area (Å²) in [5.74, 6) is 1.17.